The molecule has 0 radical (unpaired) electrons. The second-order valence-corrected chi connectivity index (χ2v) is 11.6. The summed E-state index contributed by atoms with van der Waals surface area (Å²) >= 11 is 1.54. The molecule has 0 spiro atoms. The largest absolute Gasteiger partial charge is 0.481 e. The summed E-state index contributed by atoms with van der Waals surface area (Å²) in [7, 11) is 1.81. The summed E-state index contributed by atoms with van der Waals surface area (Å²) in [6.45, 7) is 0.354. The first kappa shape index (κ1) is 31.3. The number of ether oxygens (including phenoxy) is 2. The standard InChI is InChI=1S/C32H35N5O6S/c1-37-32(34-35-36-37)44-20-27-17-28(24-10-8-21(19-38)9-11-24)43-31(42-27)25-14-12-23(13-15-25)26-5-2-4-22(16-26)18-33-29(39)6-3-7-30(40)41/h2,4-5,8-16,27-28,31,38H,3,6-7,17-20H2,1H3,(H,33,39)(H,40,41)/t27-,28+,31+/m0/s1. The van der Waals surface area contributed by atoms with Crippen molar-refractivity contribution in [3.63, 3.8) is 0 Å². The molecule has 2 heterocycles. The minimum absolute atomic E-state index is 0.0129. The van der Waals surface area contributed by atoms with Crippen molar-refractivity contribution in [2.45, 2.75) is 62.5 Å². The van der Waals surface area contributed by atoms with Crippen LogP contribution in [-0.4, -0.2) is 54.2 Å². The third-order valence-corrected chi connectivity index (χ3v) is 8.46. The number of nitrogens with one attached hydrogen (secondary N) is 1. The number of carbonyl (C=O) groups excluding carboxylic acids is 1. The molecule has 0 saturated carbocycles. The van der Waals surface area contributed by atoms with Crippen LogP contribution in [0.3, 0.4) is 0 Å². The van der Waals surface area contributed by atoms with Gasteiger partial charge in [0.1, 0.15) is 0 Å². The molecular weight excluding hydrogens is 582 g/mol. The fourth-order valence-electron chi connectivity index (χ4n) is 4.92. The van der Waals surface area contributed by atoms with Crippen molar-refractivity contribution >= 4 is 23.6 Å². The average molecular weight is 618 g/mol. The van der Waals surface area contributed by atoms with Crippen LogP contribution in [0.1, 0.15) is 60.3 Å². The number of amides is 1. The molecule has 1 saturated heterocycles. The van der Waals surface area contributed by atoms with E-state index in [1.165, 1.54) is 11.8 Å². The van der Waals surface area contributed by atoms with Gasteiger partial charge in [-0.15, -0.1) is 5.10 Å². The van der Waals surface area contributed by atoms with E-state index in [4.69, 9.17) is 14.6 Å². The van der Waals surface area contributed by atoms with E-state index in [9.17, 15) is 14.7 Å². The first-order chi connectivity index (χ1) is 21.4. The number of aromatic nitrogens is 4. The van der Waals surface area contributed by atoms with E-state index in [0.717, 1.165) is 33.4 Å². The Balaban J connectivity index is 1.26. The van der Waals surface area contributed by atoms with Gasteiger partial charge in [-0.05, 0) is 50.7 Å². The number of rotatable bonds is 13. The van der Waals surface area contributed by atoms with Crippen LogP contribution >= 0.6 is 11.8 Å². The molecule has 0 bridgehead atoms. The Bertz CT molecular complexity index is 1550. The quantitative estimate of drug-likeness (QED) is 0.182. The molecule has 3 aromatic carbocycles. The second kappa shape index (κ2) is 15.1. The zero-order chi connectivity index (χ0) is 30.9. The van der Waals surface area contributed by atoms with Gasteiger partial charge in [-0.3, -0.25) is 9.59 Å². The number of aryl methyl sites for hydroxylation is 1. The zero-order valence-electron chi connectivity index (χ0n) is 24.3. The molecule has 0 unspecified atom stereocenters. The number of aliphatic hydroxyl groups is 1. The molecule has 0 aliphatic carbocycles. The van der Waals surface area contributed by atoms with Crippen LogP contribution in [0.5, 0.6) is 0 Å². The van der Waals surface area contributed by atoms with Crippen LogP contribution in [0.2, 0.25) is 0 Å². The summed E-state index contributed by atoms with van der Waals surface area (Å²) in [5, 5.41) is 33.5. The first-order valence-corrected chi connectivity index (χ1v) is 15.4. The van der Waals surface area contributed by atoms with Gasteiger partial charge in [-0.25, -0.2) is 4.68 Å². The maximum absolute atomic E-state index is 12.1. The fraction of sp³-hybridized carbons (Fsp3) is 0.344. The molecule has 1 amide bonds. The van der Waals surface area contributed by atoms with Crippen molar-refractivity contribution in [3.8, 4) is 11.1 Å². The van der Waals surface area contributed by atoms with Gasteiger partial charge in [0, 0.05) is 44.2 Å². The van der Waals surface area contributed by atoms with Crippen molar-refractivity contribution in [1.82, 2.24) is 25.5 Å². The number of carboxylic acid groups (broad SMARTS) is 1. The highest BCUT2D eigenvalue weighted by Gasteiger charge is 2.32. The van der Waals surface area contributed by atoms with Gasteiger partial charge in [0.15, 0.2) is 6.29 Å². The van der Waals surface area contributed by atoms with Crippen molar-refractivity contribution in [2.75, 3.05) is 5.75 Å². The lowest BCUT2D eigenvalue weighted by Crippen LogP contribution is -2.31. The fourth-order valence-corrected chi connectivity index (χ4v) is 5.78. The normalized spacial score (nSPS) is 18.2. The van der Waals surface area contributed by atoms with Gasteiger partial charge >= 0.3 is 5.97 Å². The van der Waals surface area contributed by atoms with Crippen LogP contribution < -0.4 is 5.32 Å². The smallest absolute Gasteiger partial charge is 0.303 e. The lowest BCUT2D eigenvalue weighted by atomic mass is 9.99. The van der Waals surface area contributed by atoms with Crippen LogP contribution in [0.25, 0.3) is 11.1 Å². The van der Waals surface area contributed by atoms with E-state index in [2.05, 4.69) is 20.8 Å². The molecule has 11 nitrogen and oxygen atoms in total. The topological polar surface area (TPSA) is 149 Å². The molecule has 3 atom stereocenters. The summed E-state index contributed by atoms with van der Waals surface area (Å²) in [6, 6.07) is 23.8. The summed E-state index contributed by atoms with van der Waals surface area (Å²) in [5.74, 6) is -0.414. The molecule has 5 rings (SSSR count). The van der Waals surface area contributed by atoms with E-state index in [1.807, 2.05) is 72.8 Å². The Morgan fingerprint density at radius 2 is 1.75 bits per heavy atom. The van der Waals surface area contributed by atoms with Crippen molar-refractivity contribution < 1.29 is 29.3 Å². The highest BCUT2D eigenvalue weighted by molar-refractivity contribution is 7.99. The maximum atomic E-state index is 12.1. The molecule has 12 heteroatoms. The lowest BCUT2D eigenvalue weighted by molar-refractivity contribution is -0.245. The Morgan fingerprint density at radius 1 is 0.977 bits per heavy atom. The number of tetrazole rings is 1. The summed E-state index contributed by atoms with van der Waals surface area (Å²) in [5.41, 5.74) is 5.73. The lowest BCUT2D eigenvalue weighted by Gasteiger charge is -2.36. The molecule has 1 aliphatic heterocycles. The van der Waals surface area contributed by atoms with E-state index < -0.39 is 12.3 Å². The van der Waals surface area contributed by atoms with E-state index in [1.54, 1.807) is 11.7 Å². The average Bonchev–Trinajstić information content (AvgIpc) is 3.47. The minimum atomic E-state index is -0.901. The predicted molar refractivity (Wildman–Crippen MR) is 163 cm³/mol. The third-order valence-electron chi connectivity index (χ3n) is 7.32. The van der Waals surface area contributed by atoms with Crippen LogP contribution in [-0.2, 0) is 39.3 Å². The Labute approximate surface area is 259 Å². The second-order valence-electron chi connectivity index (χ2n) is 10.6. The molecule has 230 valence electrons. The number of thioether (sulfide) groups is 1. The van der Waals surface area contributed by atoms with Gasteiger partial charge in [-0.1, -0.05) is 78.5 Å². The van der Waals surface area contributed by atoms with Crippen molar-refractivity contribution in [1.29, 1.82) is 0 Å². The monoisotopic (exact) mass is 617 g/mol. The minimum Gasteiger partial charge on any atom is -0.481 e. The van der Waals surface area contributed by atoms with Crippen molar-refractivity contribution in [2.24, 2.45) is 7.05 Å². The number of carboxylic acids is 1. The molecule has 1 aromatic heterocycles. The molecule has 1 aliphatic rings. The van der Waals surface area contributed by atoms with Crippen LogP contribution in [0, 0.1) is 0 Å². The Morgan fingerprint density at radius 3 is 2.45 bits per heavy atom. The number of hydrogen-bond acceptors (Lipinski definition) is 9. The highest BCUT2D eigenvalue weighted by Crippen LogP contribution is 2.39. The number of nitrogens with zero attached hydrogens (tertiary/aromatic N) is 4. The summed E-state index contributed by atoms with van der Waals surface area (Å²) in [4.78, 5) is 22.7. The highest BCUT2D eigenvalue weighted by atomic mass is 32.2. The van der Waals surface area contributed by atoms with Crippen LogP contribution in [0.15, 0.2) is 78.0 Å². The summed E-state index contributed by atoms with van der Waals surface area (Å²) < 4.78 is 14.5. The third kappa shape index (κ3) is 8.50. The van der Waals surface area contributed by atoms with Gasteiger partial charge in [0.05, 0.1) is 18.8 Å². The Hall–Kier alpha value is -4.10. The van der Waals surface area contributed by atoms with E-state index in [0.29, 0.717) is 30.3 Å². The van der Waals surface area contributed by atoms with Gasteiger partial charge in [0.2, 0.25) is 11.1 Å². The van der Waals surface area contributed by atoms with Gasteiger partial charge < -0.3 is 25.0 Å². The van der Waals surface area contributed by atoms with E-state index in [-0.39, 0.29) is 37.6 Å². The van der Waals surface area contributed by atoms with E-state index >= 15 is 0 Å². The molecule has 44 heavy (non-hydrogen) atoms. The SMILES string of the molecule is Cn1nnnc1SC[C@@H]1C[C@H](c2ccc(CO)cc2)O[C@H](c2ccc(-c3cccc(CNC(=O)CCCC(=O)O)c3)cc2)O1. The molecule has 4 aromatic rings. The van der Waals surface area contributed by atoms with Gasteiger partial charge in [0.25, 0.3) is 0 Å². The van der Waals surface area contributed by atoms with Crippen LogP contribution in [0.4, 0.5) is 0 Å². The molecular formula is C32H35N5O6S. The van der Waals surface area contributed by atoms with Crippen molar-refractivity contribution in [3.05, 3.63) is 95.1 Å². The number of hydrogen-bond donors (Lipinski definition) is 3. The maximum Gasteiger partial charge on any atom is 0.303 e. The zero-order valence-corrected chi connectivity index (χ0v) is 25.2. The molecule has 3 N–H and O–H groups in total. The first-order valence-electron chi connectivity index (χ1n) is 14.4. The predicted octanol–water partition coefficient (Wildman–Crippen LogP) is 4.58. The number of benzene rings is 3. The number of aliphatic carboxylic acids is 1. The number of carbonyl (C=O) groups is 2. The summed E-state index contributed by atoms with van der Waals surface area (Å²) in [6.07, 6.45) is 0.255. The van der Waals surface area contributed by atoms with Gasteiger partial charge in [-0.2, -0.15) is 0 Å². The number of aliphatic hydroxyl groups excluding tert-OH is 1. The molecule has 1 fully saturated rings. The Kier molecular flexibility index (Phi) is 10.7.